The van der Waals surface area contributed by atoms with Crippen LogP contribution in [0.2, 0.25) is 5.02 Å². The third-order valence-corrected chi connectivity index (χ3v) is 2.91. The van der Waals surface area contributed by atoms with Crippen molar-refractivity contribution in [3.63, 3.8) is 0 Å². The van der Waals surface area contributed by atoms with Crippen LogP contribution in [-0.2, 0) is 4.79 Å². The van der Waals surface area contributed by atoms with Crippen molar-refractivity contribution in [2.24, 2.45) is 5.73 Å². The van der Waals surface area contributed by atoms with Crippen molar-refractivity contribution < 1.29 is 4.79 Å². The van der Waals surface area contributed by atoms with Gasteiger partial charge in [0, 0.05) is 12.1 Å². The van der Waals surface area contributed by atoms with Crippen LogP contribution in [0.25, 0.3) is 0 Å². The summed E-state index contributed by atoms with van der Waals surface area (Å²) in [4.78, 5) is 13.5. The molecule has 1 aliphatic rings. The van der Waals surface area contributed by atoms with Crippen LogP contribution in [0, 0.1) is 0 Å². The molecule has 1 atom stereocenters. The molecule has 0 aliphatic carbocycles. The number of amides is 1. The fourth-order valence-corrected chi connectivity index (χ4v) is 2.21. The Labute approximate surface area is 93.8 Å². The largest absolute Gasteiger partial charge is 0.316 e. The van der Waals surface area contributed by atoms with Crippen LogP contribution >= 0.6 is 11.6 Å². The number of carbonyl (C=O) groups excluding carboxylic acids is 1. The van der Waals surface area contributed by atoms with Crippen molar-refractivity contribution in [1.82, 2.24) is 0 Å². The number of hydrogen-bond donors (Lipinski definition) is 1. The second kappa shape index (κ2) is 3.83. The Morgan fingerprint density at radius 3 is 2.93 bits per heavy atom. The van der Waals surface area contributed by atoms with Gasteiger partial charge in [-0.25, -0.2) is 0 Å². The summed E-state index contributed by atoms with van der Waals surface area (Å²) < 4.78 is 0. The van der Waals surface area contributed by atoms with Crippen LogP contribution in [0.3, 0.4) is 0 Å². The van der Waals surface area contributed by atoms with Crippen LogP contribution in [0.1, 0.15) is 24.9 Å². The molecule has 1 unspecified atom stereocenters. The van der Waals surface area contributed by atoms with Gasteiger partial charge in [-0.05, 0) is 12.5 Å². The van der Waals surface area contributed by atoms with E-state index in [4.69, 9.17) is 17.3 Å². The summed E-state index contributed by atoms with van der Waals surface area (Å²) in [6.45, 7) is 2.69. The first-order valence-electron chi connectivity index (χ1n) is 5.02. The summed E-state index contributed by atoms with van der Waals surface area (Å²) in [5, 5.41) is 0.599. The smallest absolute Gasteiger partial charge is 0.248 e. The van der Waals surface area contributed by atoms with E-state index in [2.05, 4.69) is 0 Å². The highest BCUT2D eigenvalue weighted by Crippen LogP contribution is 2.39. The summed E-state index contributed by atoms with van der Waals surface area (Å²) in [6, 6.07) is 4.92. The molecule has 1 heterocycles. The van der Waals surface area contributed by atoms with Crippen molar-refractivity contribution in [2.75, 3.05) is 11.4 Å². The maximum Gasteiger partial charge on any atom is 0.248 e. The summed E-state index contributed by atoms with van der Waals surface area (Å²) in [7, 11) is 0. The van der Waals surface area contributed by atoms with Gasteiger partial charge >= 0.3 is 0 Å². The van der Waals surface area contributed by atoms with Gasteiger partial charge in [-0.3, -0.25) is 4.79 Å². The van der Waals surface area contributed by atoms with E-state index in [1.807, 2.05) is 19.1 Å². The van der Waals surface area contributed by atoms with Crippen molar-refractivity contribution in [3.05, 3.63) is 28.8 Å². The molecule has 1 aromatic carbocycles. The standard InChI is InChI=1S/C11H13ClN2O/c1-2-6-14-10-7(9(13)11(14)15)4-3-5-8(10)12/h3-5,9H,2,6,13H2,1H3. The van der Waals surface area contributed by atoms with E-state index in [9.17, 15) is 4.79 Å². The van der Waals surface area contributed by atoms with Crippen molar-refractivity contribution >= 4 is 23.2 Å². The van der Waals surface area contributed by atoms with Crippen LogP contribution in [-0.4, -0.2) is 12.5 Å². The lowest BCUT2D eigenvalue weighted by Gasteiger charge is -2.17. The normalized spacial score (nSPS) is 19.5. The number of halogens is 1. The summed E-state index contributed by atoms with van der Waals surface area (Å²) in [6.07, 6.45) is 0.892. The van der Waals surface area contributed by atoms with Crippen molar-refractivity contribution in [1.29, 1.82) is 0 Å². The Morgan fingerprint density at radius 2 is 2.27 bits per heavy atom. The number of anilines is 1. The molecule has 0 spiro atoms. The van der Waals surface area contributed by atoms with Gasteiger partial charge in [0.1, 0.15) is 6.04 Å². The molecule has 1 amide bonds. The molecular formula is C11H13ClN2O. The fraction of sp³-hybridized carbons (Fsp3) is 0.364. The molecule has 1 aromatic rings. The van der Waals surface area contributed by atoms with Gasteiger partial charge in [-0.2, -0.15) is 0 Å². The zero-order chi connectivity index (χ0) is 11.0. The maximum absolute atomic E-state index is 11.8. The van der Waals surface area contributed by atoms with Gasteiger partial charge in [0.15, 0.2) is 0 Å². The number of benzene rings is 1. The first-order valence-corrected chi connectivity index (χ1v) is 5.40. The fourth-order valence-electron chi connectivity index (χ4n) is 1.92. The zero-order valence-electron chi connectivity index (χ0n) is 8.53. The lowest BCUT2D eigenvalue weighted by Crippen LogP contribution is -2.32. The van der Waals surface area contributed by atoms with E-state index >= 15 is 0 Å². The van der Waals surface area contributed by atoms with E-state index in [-0.39, 0.29) is 5.91 Å². The van der Waals surface area contributed by atoms with Crippen molar-refractivity contribution in [2.45, 2.75) is 19.4 Å². The van der Waals surface area contributed by atoms with Gasteiger partial charge in [0.2, 0.25) is 5.91 Å². The molecule has 0 saturated heterocycles. The minimum Gasteiger partial charge on any atom is -0.316 e. The van der Waals surface area contributed by atoms with Gasteiger partial charge in [0.05, 0.1) is 10.7 Å². The predicted molar refractivity (Wildman–Crippen MR) is 61.0 cm³/mol. The molecule has 15 heavy (non-hydrogen) atoms. The lowest BCUT2D eigenvalue weighted by molar-refractivity contribution is -0.119. The number of carbonyl (C=O) groups is 1. The highest BCUT2D eigenvalue weighted by molar-refractivity contribution is 6.34. The number of para-hydroxylation sites is 1. The Bertz CT molecular complexity index is 406. The Balaban J connectivity index is 2.51. The van der Waals surface area contributed by atoms with Gasteiger partial charge in [-0.1, -0.05) is 30.7 Å². The van der Waals surface area contributed by atoms with Gasteiger partial charge < -0.3 is 10.6 Å². The average molecular weight is 225 g/mol. The highest BCUT2D eigenvalue weighted by atomic mass is 35.5. The third kappa shape index (κ3) is 1.52. The summed E-state index contributed by atoms with van der Waals surface area (Å²) in [5.74, 6) is -0.0556. The molecule has 3 nitrogen and oxygen atoms in total. The highest BCUT2D eigenvalue weighted by Gasteiger charge is 2.35. The number of fused-ring (bicyclic) bond motifs is 1. The van der Waals surface area contributed by atoms with Crippen LogP contribution in [0.4, 0.5) is 5.69 Å². The number of rotatable bonds is 2. The lowest BCUT2D eigenvalue weighted by atomic mass is 10.1. The van der Waals surface area contributed by atoms with Gasteiger partial charge in [-0.15, -0.1) is 0 Å². The first kappa shape index (κ1) is 10.5. The van der Waals surface area contributed by atoms with E-state index < -0.39 is 6.04 Å². The monoisotopic (exact) mass is 224 g/mol. The van der Waals surface area contributed by atoms with E-state index in [0.717, 1.165) is 17.7 Å². The minimum atomic E-state index is -0.551. The van der Waals surface area contributed by atoms with Gasteiger partial charge in [0.25, 0.3) is 0 Å². The Kier molecular flexibility index (Phi) is 2.67. The van der Waals surface area contributed by atoms with Crippen LogP contribution < -0.4 is 10.6 Å². The quantitative estimate of drug-likeness (QED) is 0.836. The van der Waals surface area contributed by atoms with Crippen LogP contribution in [0.5, 0.6) is 0 Å². The average Bonchev–Trinajstić information content (AvgIpc) is 2.46. The SMILES string of the molecule is CCCN1C(=O)C(N)c2cccc(Cl)c21. The number of nitrogens with zero attached hydrogens (tertiary/aromatic N) is 1. The van der Waals surface area contributed by atoms with E-state index in [1.165, 1.54) is 0 Å². The summed E-state index contributed by atoms with van der Waals surface area (Å²) in [5.41, 5.74) is 7.45. The Hall–Kier alpha value is -1.06. The number of nitrogens with two attached hydrogens (primary N) is 1. The molecule has 0 aromatic heterocycles. The molecule has 2 rings (SSSR count). The Morgan fingerprint density at radius 1 is 1.53 bits per heavy atom. The molecule has 4 heteroatoms. The second-order valence-electron chi connectivity index (χ2n) is 3.65. The first-order chi connectivity index (χ1) is 7.16. The molecular weight excluding hydrogens is 212 g/mol. The minimum absolute atomic E-state index is 0.0556. The third-order valence-electron chi connectivity index (χ3n) is 2.60. The molecule has 0 saturated carbocycles. The molecule has 0 fully saturated rings. The molecule has 80 valence electrons. The van der Waals surface area contributed by atoms with E-state index in [1.54, 1.807) is 11.0 Å². The second-order valence-corrected chi connectivity index (χ2v) is 4.05. The van der Waals surface area contributed by atoms with E-state index in [0.29, 0.717) is 11.6 Å². The van der Waals surface area contributed by atoms with Crippen molar-refractivity contribution in [3.8, 4) is 0 Å². The predicted octanol–water partition coefficient (Wildman–Crippen LogP) is 2.10. The molecule has 0 bridgehead atoms. The number of hydrogen-bond acceptors (Lipinski definition) is 2. The zero-order valence-corrected chi connectivity index (χ0v) is 9.29. The molecule has 1 aliphatic heterocycles. The summed E-state index contributed by atoms with van der Waals surface area (Å²) >= 11 is 6.08. The van der Waals surface area contributed by atoms with Crippen LogP contribution in [0.15, 0.2) is 18.2 Å². The topological polar surface area (TPSA) is 46.3 Å². The maximum atomic E-state index is 11.8. The molecule has 2 N–H and O–H groups in total. The molecule has 0 radical (unpaired) electrons.